The number of carboxylic acids is 1. The first-order valence-electron chi connectivity index (χ1n) is 7.57. The molecule has 0 bridgehead atoms. The molecule has 0 aromatic rings. The van der Waals surface area contributed by atoms with Crippen molar-refractivity contribution in [3.63, 3.8) is 0 Å². The lowest BCUT2D eigenvalue weighted by atomic mass is 9.78. The molecule has 2 aliphatic carbocycles. The summed E-state index contributed by atoms with van der Waals surface area (Å²) < 4.78 is 5.10. The van der Waals surface area contributed by atoms with Crippen LogP contribution in [0.2, 0.25) is 0 Å². The molecule has 2 N–H and O–H groups in total. The van der Waals surface area contributed by atoms with E-state index in [1.54, 1.807) is 7.11 Å². The van der Waals surface area contributed by atoms with Gasteiger partial charge in [0.25, 0.3) is 0 Å². The first-order valence-corrected chi connectivity index (χ1v) is 7.57. The SMILES string of the molecule is COCCC1(CNC(=O)C2CCCCC2C(=O)O)CC1. The number of ether oxygens (including phenoxy) is 1. The van der Waals surface area contributed by atoms with E-state index in [0.29, 0.717) is 19.4 Å². The Kier molecular flexibility index (Phi) is 5.02. The summed E-state index contributed by atoms with van der Waals surface area (Å²) in [6, 6.07) is 0. The Hall–Kier alpha value is -1.10. The normalized spacial score (nSPS) is 27.9. The van der Waals surface area contributed by atoms with E-state index in [0.717, 1.165) is 38.7 Å². The number of hydrogen-bond acceptors (Lipinski definition) is 3. The van der Waals surface area contributed by atoms with Gasteiger partial charge in [-0.25, -0.2) is 0 Å². The quantitative estimate of drug-likeness (QED) is 0.747. The van der Waals surface area contributed by atoms with E-state index in [2.05, 4.69) is 5.32 Å². The second-order valence-electron chi connectivity index (χ2n) is 6.30. The van der Waals surface area contributed by atoms with E-state index in [1.165, 1.54) is 0 Å². The standard InChI is InChI=1S/C15H25NO4/c1-20-9-8-15(6-7-15)10-16-13(17)11-4-2-3-5-12(11)14(18)19/h11-12H,2-10H2,1H3,(H,16,17)(H,18,19). The molecule has 0 spiro atoms. The fraction of sp³-hybridized carbons (Fsp3) is 0.867. The maximum absolute atomic E-state index is 12.3. The Balaban J connectivity index is 1.83. The van der Waals surface area contributed by atoms with Crippen LogP contribution in [0.15, 0.2) is 0 Å². The molecule has 0 saturated heterocycles. The minimum atomic E-state index is -0.828. The average molecular weight is 283 g/mol. The third-order valence-electron chi connectivity index (χ3n) is 4.85. The summed E-state index contributed by atoms with van der Waals surface area (Å²) >= 11 is 0. The molecule has 2 unspecified atom stereocenters. The second-order valence-corrected chi connectivity index (χ2v) is 6.30. The summed E-state index contributed by atoms with van der Waals surface area (Å²) in [4.78, 5) is 23.5. The number of carboxylic acid groups (broad SMARTS) is 1. The van der Waals surface area contributed by atoms with Crippen LogP contribution in [-0.2, 0) is 14.3 Å². The lowest BCUT2D eigenvalue weighted by Crippen LogP contribution is -2.41. The lowest BCUT2D eigenvalue weighted by molar-refractivity contribution is -0.149. The molecule has 2 fully saturated rings. The van der Waals surface area contributed by atoms with Gasteiger partial charge in [0, 0.05) is 20.3 Å². The number of amides is 1. The maximum Gasteiger partial charge on any atom is 0.307 e. The van der Waals surface area contributed by atoms with Crippen molar-refractivity contribution in [1.82, 2.24) is 5.32 Å². The molecule has 114 valence electrons. The molecule has 0 aliphatic heterocycles. The van der Waals surface area contributed by atoms with Gasteiger partial charge in [-0.1, -0.05) is 12.8 Å². The smallest absolute Gasteiger partial charge is 0.307 e. The van der Waals surface area contributed by atoms with Gasteiger partial charge in [-0.2, -0.15) is 0 Å². The number of rotatable bonds is 7. The number of hydrogen-bond donors (Lipinski definition) is 2. The van der Waals surface area contributed by atoms with Gasteiger partial charge in [-0.05, 0) is 37.5 Å². The first kappa shape index (κ1) is 15.3. The topological polar surface area (TPSA) is 75.6 Å². The van der Waals surface area contributed by atoms with Crippen molar-refractivity contribution in [3.05, 3.63) is 0 Å². The van der Waals surface area contributed by atoms with Gasteiger partial charge in [-0.3, -0.25) is 9.59 Å². The van der Waals surface area contributed by atoms with Gasteiger partial charge in [0.05, 0.1) is 11.8 Å². The summed E-state index contributed by atoms with van der Waals surface area (Å²) in [7, 11) is 1.69. The molecule has 2 saturated carbocycles. The van der Waals surface area contributed by atoms with E-state index >= 15 is 0 Å². The average Bonchev–Trinajstić information content (AvgIpc) is 3.23. The Labute approximate surface area is 120 Å². The van der Waals surface area contributed by atoms with Crippen LogP contribution >= 0.6 is 0 Å². The molecule has 1 amide bonds. The molecule has 5 nitrogen and oxygen atoms in total. The second kappa shape index (κ2) is 6.57. The van der Waals surface area contributed by atoms with Crippen LogP contribution in [0, 0.1) is 17.3 Å². The first-order chi connectivity index (χ1) is 9.58. The summed E-state index contributed by atoms with van der Waals surface area (Å²) in [5, 5.41) is 12.2. The fourth-order valence-electron chi connectivity index (χ4n) is 3.16. The summed E-state index contributed by atoms with van der Waals surface area (Å²) in [5.41, 5.74) is 0.207. The van der Waals surface area contributed by atoms with Gasteiger partial charge in [0.2, 0.25) is 5.91 Å². The van der Waals surface area contributed by atoms with Crippen molar-refractivity contribution in [1.29, 1.82) is 0 Å². The molecular formula is C15H25NO4. The zero-order chi connectivity index (χ0) is 14.6. The molecule has 0 aromatic heterocycles. The van der Waals surface area contributed by atoms with E-state index in [-0.39, 0.29) is 17.2 Å². The van der Waals surface area contributed by atoms with E-state index < -0.39 is 11.9 Å². The summed E-state index contributed by atoms with van der Waals surface area (Å²) in [6.07, 6.45) is 6.43. The van der Waals surface area contributed by atoms with Crippen molar-refractivity contribution in [2.45, 2.75) is 44.9 Å². The Bertz CT molecular complexity index is 365. The van der Waals surface area contributed by atoms with Crippen molar-refractivity contribution in [2.75, 3.05) is 20.3 Å². The fourth-order valence-corrected chi connectivity index (χ4v) is 3.16. The van der Waals surface area contributed by atoms with Crippen LogP contribution in [0.5, 0.6) is 0 Å². The van der Waals surface area contributed by atoms with Crippen molar-refractivity contribution < 1.29 is 19.4 Å². The molecule has 2 aliphatic rings. The molecule has 2 rings (SSSR count). The lowest BCUT2D eigenvalue weighted by Gasteiger charge is -2.28. The van der Waals surface area contributed by atoms with E-state index in [4.69, 9.17) is 4.74 Å². The third kappa shape index (κ3) is 3.72. The van der Waals surface area contributed by atoms with Gasteiger partial charge < -0.3 is 15.2 Å². The van der Waals surface area contributed by atoms with Crippen molar-refractivity contribution >= 4 is 11.9 Å². The number of carbonyl (C=O) groups is 2. The van der Waals surface area contributed by atoms with Crippen LogP contribution in [-0.4, -0.2) is 37.2 Å². The largest absolute Gasteiger partial charge is 0.481 e. The van der Waals surface area contributed by atoms with E-state index in [1.807, 2.05) is 0 Å². The number of nitrogens with one attached hydrogen (secondary N) is 1. The molecule has 20 heavy (non-hydrogen) atoms. The predicted octanol–water partition coefficient (Wildman–Crippen LogP) is 1.81. The minimum Gasteiger partial charge on any atom is -0.481 e. The maximum atomic E-state index is 12.3. The molecule has 5 heteroatoms. The predicted molar refractivity (Wildman–Crippen MR) is 74.3 cm³/mol. The molecule has 0 heterocycles. The Morgan fingerprint density at radius 3 is 2.45 bits per heavy atom. The van der Waals surface area contributed by atoms with Crippen LogP contribution in [0.3, 0.4) is 0 Å². The Morgan fingerprint density at radius 1 is 1.25 bits per heavy atom. The van der Waals surface area contributed by atoms with Gasteiger partial charge in [0.1, 0.15) is 0 Å². The van der Waals surface area contributed by atoms with Crippen LogP contribution in [0.25, 0.3) is 0 Å². The highest BCUT2D eigenvalue weighted by Gasteiger charge is 2.43. The van der Waals surface area contributed by atoms with Crippen LogP contribution in [0.4, 0.5) is 0 Å². The molecule has 0 radical (unpaired) electrons. The van der Waals surface area contributed by atoms with Gasteiger partial charge in [-0.15, -0.1) is 0 Å². The zero-order valence-electron chi connectivity index (χ0n) is 12.2. The minimum absolute atomic E-state index is 0.0687. The van der Waals surface area contributed by atoms with Crippen molar-refractivity contribution in [2.24, 2.45) is 17.3 Å². The molecular weight excluding hydrogens is 258 g/mol. The van der Waals surface area contributed by atoms with Gasteiger partial charge in [0.15, 0.2) is 0 Å². The molecule has 2 atom stereocenters. The Morgan fingerprint density at radius 2 is 1.90 bits per heavy atom. The number of methoxy groups -OCH3 is 1. The summed E-state index contributed by atoms with van der Waals surface area (Å²) in [6.45, 7) is 1.38. The monoisotopic (exact) mass is 283 g/mol. The number of aliphatic carboxylic acids is 1. The highest BCUT2D eigenvalue weighted by molar-refractivity contribution is 5.84. The van der Waals surface area contributed by atoms with Crippen LogP contribution in [0.1, 0.15) is 44.9 Å². The highest BCUT2D eigenvalue weighted by atomic mass is 16.5. The zero-order valence-corrected chi connectivity index (χ0v) is 12.2. The van der Waals surface area contributed by atoms with Crippen LogP contribution < -0.4 is 5.32 Å². The van der Waals surface area contributed by atoms with Crippen molar-refractivity contribution in [3.8, 4) is 0 Å². The van der Waals surface area contributed by atoms with E-state index in [9.17, 15) is 14.7 Å². The number of carbonyl (C=O) groups excluding carboxylic acids is 1. The summed E-state index contributed by atoms with van der Waals surface area (Å²) in [5.74, 6) is -1.75. The highest BCUT2D eigenvalue weighted by Crippen LogP contribution is 2.48. The molecule has 0 aromatic carbocycles. The third-order valence-corrected chi connectivity index (χ3v) is 4.85. The van der Waals surface area contributed by atoms with Gasteiger partial charge >= 0.3 is 5.97 Å².